The summed E-state index contributed by atoms with van der Waals surface area (Å²) in [7, 11) is -0.889. The summed E-state index contributed by atoms with van der Waals surface area (Å²) in [6.07, 6.45) is 3.16. The highest BCUT2D eigenvalue weighted by molar-refractivity contribution is 7.84. The van der Waals surface area contributed by atoms with Crippen LogP contribution in [0.4, 0.5) is 0 Å². The van der Waals surface area contributed by atoms with E-state index < -0.39 is 16.3 Å². The molecule has 1 saturated carbocycles. The van der Waals surface area contributed by atoms with Crippen LogP contribution in [0.15, 0.2) is 0 Å². The third-order valence-electron chi connectivity index (χ3n) is 2.36. The van der Waals surface area contributed by atoms with E-state index in [-0.39, 0.29) is 11.2 Å². The van der Waals surface area contributed by atoms with Crippen LogP contribution in [0, 0.1) is 0 Å². The Bertz CT molecular complexity index is 238. The van der Waals surface area contributed by atoms with Gasteiger partial charge in [-0.1, -0.05) is 0 Å². The van der Waals surface area contributed by atoms with Gasteiger partial charge in [0, 0.05) is 28.9 Å². The summed E-state index contributed by atoms with van der Waals surface area (Å²) in [4.78, 5) is 11.3. The van der Waals surface area contributed by atoms with Crippen molar-refractivity contribution in [1.82, 2.24) is 5.32 Å². The number of carbonyl (C=O) groups is 1. The minimum absolute atomic E-state index is 0.00806. The predicted molar refractivity (Wildman–Crippen MR) is 52.7 cm³/mol. The topological polar surface area (TPSA) is 72.2 Å². The molecular formula is C8H16N2O2S. The number of nitrogens with one attached hydrogen (secondary N) is 1. The van der Waals surface area contributed by atoms with Gasteiger partial charge in [-0.05, 0) is 19.8 Å². The van der Waals surface area contributed by atoms with E-state index >= 15 is 0 Å². The Kier molecular flexibility index (Phi) is 3.08. The van der Waals surface area contributed by atoms with Crippen LogP contribution in [0.2, 0.25) is 0 Å². The molecule has 0 bridgehead atoms. The van der Waals surface area contributed by atoms with Crippen molar-refractivity contribution in [3.05, 3.63) is 0 Å². The molecule has 1 rings (SSSR count). The maximum atomic E-state index is 11.3. The molecule has 4 nitrogen and oxygen atoms in total. The van der Waals surface area contributed by atoms with Gasteiger partial charge < -0.3 is 11.1 Å². The summed E-state index contributed by atoms with van der Waals surface area (Å²) in [5.41, 5.74) is 5.05. The van der Waals surface area contributed by atoms with Gasteiger partial charge in [0.25, 0.3) is 0 Å². The molecule has 1 aliphatic carbocycles. The predicted octanol–water partition coefficient (Wildman–Crippen LogP) is -0.639. The number of nitrogens with two attached hydrogens (primary N) is 1. The van der Waals surface area contributed by atoms with E-state index in [2.05, 4.69) is 5.32 Å². The largest absolute Gasteiger partial charge is 0.353 e. The van der Waals surface area contributed by atoms with Crippen molar-refractivity contribution in [2.75, 3.05) is 12.8 Å². The first-order chi connectivity index (χ1) is 5.96. The van der Waals surface area contributed by atoms with Crippen molar-refractivity contribution in [1.29, 1.82) is 0 Å². The van der Waals surface area contributed by atoms with E-state index in [4.69, 9.17) is 5.73 Å². The number of hydrogen-bond acceptors (Lipinski definition) is 3. The standard InChI is InChI=1S/C8H16N2O2S/c1-6(13(2)12)5-10-7(11)8(9)3-4-8/h6H,3-5,9H2,1-2H3,(H,10,11). The maximum absolute atomic E-state index is 11.3. The molecule has 13 heavy (non-hydrogen) atoms. The van der Waals surface area contributed by atoms with Gasteiger partial charge in [-0.25, -0.2) is 0 Å². The van der Waals surface area contributed by atoms with Gasteiger partial charge in [-0.2, -0.15) is 0 Å². The lowest BCUT2D eigenvalue weighted by molar-refractivity contribution is -0.123. The summed E-state index contributed by atoms with van der Waals surface area (Å²) < 4.78 is 11.0. The average molecular weight is 204 g/mol. The molecule has 0 aliphatic heterocycles. The van der Waals surface area contributed by atoms with Crippen molar-refractivity contribution in [3.63, 3.8) is 0 Å². The molecule has 0 aromatic carbocycles. The number of hydrogen-bond donors (Lipinski definition) is 2. The van der Waals surface area contributed by atoms with Crippen molar-refractivity contribution in [2.24, 2.45) is 5.73 Å². The quantitative estimate of drug-likeness (QED) is 0.640. The van der Waals surface area contributed by atoms with E-state index in [1.54, 1.807) is 6.26 Å². The van der Waals surface area contributed by atoms with Gasteiger partial charge >= 0.3 is 0 Å². The number of carbonyl (C=O) groups excluding carboxylic acids is 1. The zero-order valence-electron chi connectivity index (χ0n) is 8.00. The van der Waals surface area contributed by atoms with Crippen LogP contribution in [-0.2, 0) is 15.6 Å². The molecule has 5 heteroatoms. The van der Waals surface area contributed by atoms with Crippen LogP contribution < -0.4 is 11.1 Å². The summed E-state index contributed by atoms with van der Waals surface area (Å²) in [5.74, 6) is -0.107. The average Bonchev–Trinajstić information content (AvgIpc) is 2.79. The lowest BCUT2D eigenvalue weighted by Crippen LogP contribution is -2.45. The third-order valence-corrected chi connectivity index (χ3v) is 3.66. The van der Waals surface area contributed by atoms with Crippen LogP contribution in [0.3, 0.4) is 0 Å². The molecule has 1 fully saturated rings. The summed E-state index contributed by atoms with van der Waals surface area (Å²) in [5, 5.41) is 2.70. The second kappa shape index (κ2) is 3.75. The first-order valence-electron chi connectivity index (χ1n) is 4.35. The molecule has 0 spiro atoms. The molecule has 3 N–H and O–H groups in total. The zero-order valence-corrected chi connectivity index (χ0v) is 8.82. The van der Waals surface area contributed by atoms with E-state index in [0.29, 0.717) is 6.54 Å². The Morgan fingerprint density at radius 2 is 2.23 bits per heavy atom. The Morgan fingerprint density at radius 3 is 2.62 bits per heavy atom. The normalized spacial score (nSPS) is 23.3. The molecule has 0 saturated heterocycles. The molecule has 0 aromatic rings. The molecule has 0 aromatic heterocycles. The van der Waals surface area contributed by atoms with Crippen LogP contribution in [0.1, 0.15) is 19.8 Å². The van der Waals surface area contributed by atoms with Crippen molar-refractivity contribution in [3.8, 4) is 0 Å². The minimum Gasteiger partial charge on any atom is -0.353 e. The Morgan fingerprint density at radius 1 is 1.69 bits per heavy atom. The number of amides is 1. The van der Waals surface area contributed by atoms with Gasteiger partial charge in [0.05, 0.1) is 5.54 Å². The lowest BCUT2D eigenvalue weighted by Gasteiger charge is -2.12. The third kappa shape index (κ3) is 2.77. The minimum atomic E-state index is -0.889. The van der Waals surface area contributed by atoms with Crippen LogP contribution in [0.5, 0.6) is 0 Å². The van der Waals surface area contributed by atoms with Gasteiger partial charge in [-0.15, -0.1) is 0 Å². The van der Waals surface area contributed by atoms with E-state index in [1.165, 1.54) is 0 Å². The second-order valence-electron chi connectivity index (χ2n) is 3.68. The fourth-order valence-electron chi connectivity index (χ4n) is 0.892. The van der Waals surface area contributed by atoms with E-state index in [9.17, 15) is 9.00 Å². The first kappa shape index (κ1) is 10.7. The Labute approximate surface area is 80.7 Å². The van der Waals surface area contributed by atoms with Crippen LogP contribution in [0.25, 0.3) is 0 Å². The first-order valence-corrected chi connectivity index (χ1v) is 5.97. The van der Waals surface area contributed by atoms with Crippen molar-refractivity contribution >= 4 is 16.7 Å². The molecule has 76 valence electrons. The summed E-state index contributed by atoms with van der Waals surface area (Å²) in [6, 6.07) is 0. The number of rotatable bonds is 4. The molecule has 1 aliphatic rings. The SMILES string of the molecule is CC(CNC(=O)C1(N)CC1)S(C)=O. The van der Waals surface area contributed by atoms with Crippen molar-refractivity contribution in [2.45, 2.75) is 30.6 Å². The Hall–Kier alpha value is -0.420. The monoisotopic (exact) mass is 204 g/mol. The van der Waals surface area contributed by atoms with Crippen LogP contribution in [-0.4, -0.2) is 33.7 Å². The fourth-order valence-corrected chi connectivity index (χ4v) is 1.21. The molecule has 0 radical (unpaired) electrons. The molecule has 2 unspecified atom stereocenters. The second-order valence-corrected chi connectivity index (χ2v) is 5.48. The van der Waals surface area contributed by atoms with Crippen molar-refractivity contribution < 1.29 is 9.00 Å². The highest BCUT2D eigenvalue weighted by atomic mass is 32.2. The van der Waals surface area contributed by atoms with Gasteiger partial charge in [0.1, 0.15) is 0 Å². The van der Waals surface area contributed by atoms with Crippen LogP contribution >= 0.6 is 0 Å². The molecular weight excluding hydrogens is 188 g/mol. The molecule has 2 atom stereocenters. The summed E-state index contributed by atoms with van der Waals surface area (Å²) in [6.45, 7) is 2.29. The zero-order chi connectivity index (χ0) is 10.1. The fraction of sp³-hybridized carbons (Fsp3) is 0.875. The lowest BCUT2D eigenvalue weighted by atomic mass is 10.3. The molecule has 1 amide bonds. The van der Waals surface area contributed by atoms with Gasteiger partial charge in [0.2, 0.25) is 5.91 Å². The smallest absolute Gasteiger partial charge is 0.240 e. The summed E-state index contributed by atoms with van der Waals surface area (Å²) >= 11 is 0. The van der Waals surface area contributed by atoms with E-state index in [0.717, 1.165) is 12.8 Å². The van der Waals surface area contributed by atoms with Gasteiger partial charge in [0.15, 0.2) is 0 Å². The van der Waals surface area contributed by atoms with E-state index in [1.807, 2.05) is 6.92 Å². The molecule has 0 heterocycles. The highest BCUT2D eigenvalue weighted by Crippen LogP contribution is 2.31. The maximum Gasteiger partial charge on any atom is 0.240 e. The Balaban J connectivity index is 2.26. The van der Waals surface area contributed by atoms with Gasteiger partial charge in [-0.3, -0.25) is 9.00 Å². The highest BCUT2D eigenvalue weighted by Gasteiger charge is 2.45.